The second-order valence-electron chi connectivity index (χ2n) is 8.52. The van der Waals surface area contributed by atoms with Gasteiger partial charge in [-0.1, -0.05) is 18.2 Å². The summed E-state index contributed by atoms with van der Waals surface area (Å²) in [5.41, 5.74) is 1.99. The van der Waals surface area contributed by atoms with Gasteiger partial charge in [0.1, 0.15) is 11.9 Å². The number of aliphatic hydroxyl groups is 1. The number of nitrogens with zero attached hydrogens (tertiary/aromatic N) is 3. The van der Waals surface area contributed by atoms with Crippen LogP contribution >= 0.6 is 0 Å². The first kappa shape index (κ1) is 21.5. The number of carbonyl (C=O) groups excluding carboxylic acids is 1. The molecule has 2 aromatic heterocycles. The van der Waals surface area contributed by atoms with E-state index in [2.05, 4.69) is 4.98 Å². The summed E-state index contributed by atoms with van der Waals surface area (Å²) in [6, 6.07) is 12.5. The van der Waals surface area contributed by atoms with E-state index in [0.717, 1.165) is 11.3 Å². The van der Waals surface area contributed by atoms with E-state index in [-0.39, 0.29) is 29.7 Å². The van der Waals surface area contributed by atoms with Gasteiger partial charge in [-0.2, -0.15) is 0 Å². The Labute approximate surface area is 190 Å². The highest BCUT2D eigenvalue weighted by Crippen LogP contribution is 2.50. The Balaban J connectivity index is 1.61. The van der Waals surface area contributed by atoms with Gasteiger partial charge in [0.15, 0.2) is 0 Å². The van der Waals surface area contributed by atoms with Crippen molar-refractivity contribution in [3.63, 3.8) is 0 Å². The molecule has 0 spiro atoms. The Bertz CT molecular complexity index is 1250. The van der Waals surface area contributed by atoms with Crippen LogP contribution < -0.4 is 5.56 Å². The molecule has 1 N–H and O–H groups in total. The van der Waals surface area contributed by atoms with Crippen LogP contribution in [0.5, 0.6) is 0 Å². The normalized spacial score (nSPS) is 23.8. The molecule has 3 aromatic rings. The minimum absolute atomic E-state index is 0.162. The molecule has 8 heteroatoms. The number of halogens is 1. The summed E-state index contributed by atoms with van der Waals surface area (Å²) in [5, 5.41) is 10.2. The number of aliphatic hydroxyl groups excluding tert-OH is 1. The van der Waals surface area contributed by atoms with E-state index >= 15 is 0 Å². The van der Waals surface area contributed by atoms with Crippen LogP contribution in [0.15, 0.2) is 65.7 Å². The maximum atomic E-state index is 14.4. The molecule has 170 valence electrons. The monoisotopic (exact) mass is 449 g/mol. The fraction of sp³-hybridized carbons (Fsp3) is 0.320. The third kappa shape index (κ3) is 3.46. The summed E-state index contributed by atoms with van der Waals surface area (Å²) in [6.07, 6.45) is 3.38. The predicted molar refractivity (Wildman–Crippen MR) is 118 cm³/mol. The molecule has 0 radical (unpaired) electrons. The number of fused-ring (bicyclic) bond motifs is 3. The zero-order valence-corrected chi connectivity index (χ0v) is 18.1. The topological polar surface area (TPSA) is 84.7 Å². The van der Waals surface area contributed by atoms with Crippen molar-refractivity contribution in [3.8, 4) is 11.1 Å². The first-order valence-electron chi connectivity index (χ1n) is 10.9. The van der Waals surface area contributed by atoms with Crippen LogP contribution in [-0.4, -0.2) is 45.3 Å². The molecule has 7 nitrogen and oxygen atoms in total. The number of likely N-dealkylation sites (tertiary alicyclic amines) is 1. The van der Waals surface area contributed by atoms with Crippen LogP contribution in [0.3, 0.4) is 0 Å². The van der Waals surface area contributed by atoms with Crippen molar-refractivity contribution >= 4 is 5.97 Å². The van der Waals surface area contributed by atoms with Crippen LogP contribution in [0.1, 0.15) is 17.3 Å². The van der Waals surface area contributed by atoms with Gasteiger partial charge in [0, 0.05) is 55.2 Å². The number of methoxy groups -OCH3 is 1. The molecule has 1 saturated heterocycles. The molecule has 0 amide bonds. The number of ether oxygens (including phenoxy) is 1. The number of rotatable bonds is 5. The van der Waals surface area contributed by atoms with Crippen molar-refractivity contribution in [2.24, 2.45) is 11.8 Å². The molecule has 2 aliphatic rings. The summed E-state index contributed by atoms with van der Waals surface area (Å²) in [7, 11) is 1.34. The number of benzene rings is 1. The third-order valence-electron chi connectivity index (χ3n) is 6.91. The molecule has 4 atom stereocenters. The minimum atomic E-state index is -0.640. The van der Waals surface area contributed by atoms with Gasteiger partial charge in [-0.05, 0) is 35.9 Å². The SMILES string of the molecule is COC(=O)[C@@H]1[C@@H](CO)[C@@H]2Cn3c(ccc(-c4ccccc4F)c3=O)[C@@H]2N1Cc1ccncc1. The Kier molecular flexibility index (Phi) is 5.55. The highest BCUT2D eigenvalue weighted by Gasteiger charge is 2.56. The molecule has 0 unspecified atom stereocenters. The second kappa shape index (κ2) is 8.53. The number of hydrogen-bond donors (Lipinski definition) is 1. The van der Waals surface area contributed by atoms with Crippen molar-refractivity contribution < 1.29 is 19.0 Å². The van der Waals surface area contributed by atoms with Gasteiger partial charge in [-0.15, -0.1) is 0 Å². The van der Waals surface area contributed by atoms with E-state index in [4.69, 9.17) is 4.74 Å². The third-order valence-corrected chi connectivity index (χ3v) is 6.91. The van der Waals surface area contributed by atoms with Gasteiger partial charge in [0.25, 0.3) is 5.56 Å². The van der Waals surface area contributed by atoms with Crippen LogP contribution in [0.25, 0.3) is 11.1 Å². The summed E-state index contributed by atoms with van der Waals surface area (Å²) >= 11 is 0. The Morgan fingerprint density at radius 2 is 1.91 bits per heavy atom. The molecule has 5 rings (SSSR count). The van der Waals surface area contributed by atoms with Gasteiger partial charge in [-0.25, -0.2) is 4.39 Å². The first-order valence-corrected chi connectivity index (χ1v) is 10.9. The molecule has 0 aliphatic carbocycles. The average molecular weight is 449 g/mol. The van der Waals surface area contributed by atoms with E-state index in [1.54, 1.807) is 41.2 Å². The van der Waals surface area contributed by atoms with E-state index in [9.17, 15) is 19.1 Å². The van der Waals surface area contributed by atoms with E-state index < -0.39 is 23.7 Å². The maximum Gasteiger partial charge on any atom is 0.323 e. The molecular formula is C25H24FN3O4. The molecule has 4 heterocycles. The fourth-order valence-electron chi connectivity index (χ4n) is 5.45. The average Bonchev–Trinajstić information content (AvgIpc) is 3.36. The fourth-order valence-corrected chi connectivity index (χ4v) is 5.45. The first-order chi connectivity index (χ1) is 16.0. The van der Waals surface area contributed by atoms with Gasteiger partial charge in [0.2, 0.25) is 0 Å². The smallest absolute Gasteiger partial charge is 0.323 e. The highest BCUT2D eigenvalue weighted by molar-refractivity contribution is 5.77. The molecule has 1 aromatic carbocycles. The van der Waals surface area contributed by atoms with Crippen molar-refractivity contribution in [2.75, 3.05) is 13.7 Å². The van der Waals surface area contributed by atoms with E-state index in [0.29, 0.717) is 18.7 Å². The maximum absolute atomic E-state index is 14.4. The zero-order chi connectivity index (χ0) is 23.1. The molecule has 0 bridgehead atoms. The van der Waals surface area contributed by atoms with Gasteiger partial charge < -0.3 is 14.4 Å². The van der Waals surface area contributed by atoms with Gasteiger partial charge >= 0.3 is 5.97 Å². The minimum Gasteiger partial charge on any atom is -0.468 e. The summed E-state index contributed by atoms with van der Waals surface area (Å²) in [5.74, 6) is -1.42. The molecule has 1 fully saturated rings. The largest absolute Gasteiger partial charge is 0.468 e. The predicted octanol–water partition coefficient (Wildman–Crippen LogP) is 2.39. The van der Waals surface area contributed by atoms with E-state index in [1.165, 1.54) is 13.2 Å². The Morgan fingerprint density at radius 3 is 2.61 bits per heavy atom. The number of pyridine rings is 2. The Morgan fingerprint density at radius 1 is 1.15 bits per heavy atom. The summed E-state index contributed by atoms with van der Waals surface area (Å²) < 4.78 is 21.1. The van der Waals surface area contributed by atoms with Crippen LogP contribution in [0, 0.1) is 17.7 Å². The quantitative estimate of drug-likeness (QED) is 0.602. The number of aromatic nitrogens is 2. The highest BCUT2D eigenvalue weighted by atomic mass is 19.1. The van der Waals surface area contributed by atoms with Crippen molar-refractivity contribution in [3.05, 3.63) is 88.4 Å². The lowest BCUT2D eigenvalue weighted by Crippen LogP contribution is -2.43. The van der Waals surface area contributed by atoms with Crippen LogP contribution in [0.2, 0.25) is 0 Å². The number of carbonyl (C=O) groups is 1. The number of hydrogen-bond acceptors (Lipinski definition) is 6. The van der Waals surface area contributed by atoms with Crippen molar-refractivity contribution in [1.82, 2.24) is 14.5 Å². The lowest BCUT2D eigenvalue weighted by Gasteiger charge is -2.29. The van der Waals surface area contributed by atoms with Gasteiger partial charge in [0.05, 0.1) is 18.7 Å². The second-order valence-corrected chi connectivity index (χ2v) is 8.52. The van der Waals surface area contributed by atoms with Crippen LogP contribution in [-0.2, 0) is 22.6 Å². The molecular weight excluding hydrogens is 425 g/mol. The molecule has 2 aliphatic heterocycles. The van der Waals surface area contributed by atoms with Crippen LogP contribution in [0.4, 0.5) is 4.39 Å². The molecule has 0 saturated carbocycles. The summed E-state index contributed by atoms with van der Waals surface area (Å²) in [4.78, 5) is 32.2. The standard InChI is InChI=1S/C25H24FN3O4/c1-33-25(32)23-19(14-30)18-13-28-21(22(18)29(23)12-15-8-10-27-11-9-15)7-6-17(24(28)31)16-4-2-3-5-20(16)26/h2-11,18-19,22-23,30H,12-14H2,1H3/t18-,19-,22+,23-/m0/s1. The lowest BCUT2D eigenvalue weighted by molar-refractivity contribution is -0.148. The lowest BCUT2D eigenvalue weighted by atomic mass is 9.88. The summed E-state index contributed by atoms with van der Waals surface area (Å²) in [6.45, 7) is 0.562. The van der Waals surface area contributed by atoms with Crippen molar-refractivity contribution in [2.45, 2.75) is 25.2 Å². The molecule has 33 heavy (non-hydrogen) atoms. The van der Waals surface area contributed by atoms with Crippen molar-refractivity contribution in [1.29, 1.82) is 0 Å². The number of esters is 1. The Hall–Kier alpha value is -3.36. The zero-order valence-electron chi connectivity index (χ0n) is 18.1. The van der Waals surface area contributed by atoms with Gasteiger partial charge in [-0.3, -0.25) is 19.5 Å². The van der Waals surface area contributed by atoms with E-state index in [1.807, 2.05) is 23.1 Å².